The van der Waals surface area contributed by atoms with E-state index in [1.807, 2.05) is 0 Å². The fourth-order valence-corrected chi connectivity index (χ4v) is 12.3. The Hall–Kier alpha value is -1.94. The van der Waals surface area contributed by atoms with Crippen molar-refractivity contribution in [2.75, 3.05) is 39.6 Å². The normalized spacial score (nSPS) is 14.5. The molecule has 0 fully saturated rings. The molecular formula is C71H138O17P2. The third-order valence-corrected chi connectivity index (χ3v) is 18.6. The van der Waals surface area contributed by atoms with Gasteiger partial charge < -0.3 is 33.8 Å². The summed E-state index contributed by atoms with van der Waals surface area (Å²) in [6.45, 7) is 11.8. The molecule has 90 heavy (non-hydrogen) atoms. The van der Waals surface area contributed by atoms with Gasteiger partial charge in [0, 0.05) is 25.7 Å². The van der Waals surface area contributed by atoms with E-state index >= 15 is 0 Å². The first-order valence-corrected chi connectivity index (χ1v) is 39.9. The molecule has 0 aliphatic carbocycles. The van der Waals surface area contributed by atoms with Gasteiger partial charge >= 0.3 is 39.5 Å². The fraction of sp³-hybridized carbons (Fsp3) is 0.944. The maximum Gasteiger partial charge on any atom is 0.472 e. The molecule has 0 radical (unpaired) electrons. The van der Waals surface area contributed by atoms with Crippen LogP contribution in [-0.2, 0) is 65.4 Å². The molecule has 0 heterocycles. The van der Waals surface area contributed by atoms with Gasteiger partial charge in [-0.25, -0.2) is 9.13 Å². The molecule has 0 spiro atoms. The van der Waals surface area contributed by atoms with E-state index in [4.69, 9.17) is 37.0 Å². The van der Waals surface area contributed by atoms with Gasteiger partial charge in [0.15, 0.2) is 12.2 Å². The summed E-state index contributed by atoms with van der Waals surface area (Å²) in [6, 6.07) is 0. The third kappa shape index (κ3) is 63.5. The zero-order chi connectivity index (χ0) is 66.6. The van der Waals surface area contributed by atoms with Crippen molar-refractivity contribution in [3.8, 4) is 0 Å². The Morgan fingerprint density at radius 3 is 0.844 bits per heavy atom. The highest BCUT2D eigenvalue weighted by Crippen LogP contribution is 2.45. The monoisotopic (exact) mass is 1320 g/mol. The minimum absolute atomic E-state index is 0.102. The van der Waals surface area contributed by atoms with Crippen LogP contribution < -0.4 is 0 Å². The highest BCUT2D eigenvalue weighted by Gasteiger charge is 2.30. The van der Waals surface area contributed by atoms with E-state index in [9.17, 15) is 43.2 Å². The summed E-state index contributed by atoms with van der Waals surface area (Å²) in [5.41, 5.74) is 0. The van der Waals surface area contributed by atoms with Gasteiger partial charge in [0.2, 0.25) is 0 Å². The first-order chi connectivity index (χ1) is 43.3. The third-order valence-electron chi connectivity index (χ3n) is 16.7. The van der Waals surface area contributed by atoms with Crippen molar-refractivity contribution < 1.29 is 80.2 Å². The summed E-state index contributed by atoms with van der Waals surface area (Å²) in [5, 5.41) is 10.6. The Kier molecular flexibility index (Phi) is 60.6. The molecule has 17 nitrogen and oxygen atoms in total. The molecule has 0 aliphatic rings. The SMILES string of the molecule is CCCCCCCC(=O)OC[C@H](COP(=O)(O)OC[C@H](O)COP(=O)(O)OC[C@@H](COC(=O)CCCCCCCCCCCCC(C)CC)OC(=O)CCCCCCCCCCCCCCCCCCCCC(C)C)OC(=O)CCCCCCCCCC(C)C. The number of aliphatic hydroxyl groups is 1. The van der Waals surface area contributed by atoms with Crippen LogP contribution in [0.3, 0.4) is 0 Å². The van der Waals surface area contributed by atoms with Gasteiger partial charge in [-0.15, -0.1) is 0 Å². The van der Waals surface area contributed by atoms with E-state index in [1.165, 1.54) is 161 Å². The van der Waals surface area contributed by atoms with E-state index in [1.54, 1.807) is 0 Å². The minimum Gasteiger partial charge on any atom is -0.462 e. The van der Waals surface area contributed by atoms with Crippen molar-refractivity contribution in [3.05, 3.63) is 0 Å². The maximum atomic E-state index is 13.0. The summed E-state index contributed by atoms with van der Waals surface area (Å²) in [7, 11) is -9.89. The smallest absolute Gasteiger partial charge is 0.462 e. The molecule has 0 saturated carbocycles. The van der Waals surface area contributed by atoms with Gasteiger partial charge in [-0.3, -0.25) is 37.3 Å². The molecular weight excluding hydrogens is 1190 g/mol. The number of ether oxygens (including phenoxy) is 4. The molecule has 0 saturated heterocycles. The summed E-state index contributed by atoms with van der Waals surface area (Å²) in [6.07, 6.45) is 46.4. The van der Waals surface area contributed by atoms with Crippen LogP contribution in [0.5, 0.6) is 0 Å². The van der Waals surface area contributed by atoms with E-state index in [0.29, 0.717) is 31.6 Å². The lowest BCUT2D eigenvalue weighted by atomic mass is 9.99. The quantitative estimate of drug-likeness (QED) is 0.0222. The topological polar surface area (TPSA) is 237 Å². The van der Waals surface area contributed by atoms with Gasteiger partial charge in [-0.2, -0.15) is 0 Å². The Morgan fingerprint density at radius 1 is 0.322 bits per heavy atom. The van der Waals surface area contributed by atoms with Gasteiger partial charge in [-0.05, 0) is 43.4 Å². The molecule has 0 aromatic carbocycles. The second-order valence-corrected chi connectivity index (χ2v) is 29.7. The van der Waals surface area contributed by atoms with Crippen LogP contribution >= 0.6 is 15.6 Å². The maximum absolute atomic E-state index is 13.0. The van der Waals surface area contributed by atoms with Crippen molar-refractivity contribution >= 4 is 39.5 Å². The van der Waals surface area contributed by atoms with Crippen molar-refractivity contribution in [1.29, 1.82) is 0 Å². The highest BCUT2D eigenvalue weighted by atomic mass is 31.2. The predicted molar refractivity (Wildman–Crippen MR) is 363 cm³/mol. The Balaban J connectivity index is 5.12. The molecule has 3 N–H and O–H groups in total. The first-order valence-electron chi connectivity index (χ1n) is 36.9. The van der Waals surface area contributed by atoms with E-state index in [2.05, 4.69) is 48.5 Å². The lowest BCUT2D eigenvalue weighted by Crippen LogP contribution is -2.30. The number of phosphoric ester groups is 2. The minimum atomic E-state index is -4.95. The van der Waals surface area contributed by atoms with E-state index in [-0.39, 0.29) is 25.7 Å². The van der Waals surface area contributed by atoms with E-state index in [0.717, 1.165) is 108 Å². The number of carbonyl (C=O) groups is 4. The molecule has 0 aromatic rings. The number of unbranched alkanes of at least 4 members (excludes halogenated alkanes) is 36. The average molecular weight is 1330 g/mol. The number of rotatable bonds is 69. The van der Waals surface area contributed by atoms with Crippen LogP contribution in [0.15, 0.2) is 0 Å². The molecule has 0 amide bonds. The number of carbonyl (C=O) groups excluding carboxylic acids is 4. The van der Waals surface area contributed by atoms with Gasteiger partial charge in [0.1, 0.15) is 19.3 Å². The lowest BCUT2D eigenvalue weighted by Gasteiger charge is -2.21. The molecule has 0 bridgehead atoms. The zero-order valence-electron chi connectivity index (χ0n) is 58.6. The van der Waals surface area contributed by atoms with Gasteiger partial charge in [0.05, 0.1) is 26.4 Å². The molecule has 3 unspecified atom stereocenters. The first kappa shape index (κ1) is 88.1. The van der Waals surface area contributed by atoms with Crippen molar-refractivity contribution in [1.82, 2.24) is 0 Å². The van der Waals surface area contributed by atoms with Crippen molar-refractivity contribution in [3.63, 3.8) is 0 Å². The summed E-state index contributed by atoms with van der Waals surface area (Å²) in [5.74, 6) is 0.187. The molecule has 0 aliphatic heterocycles. The number of hydrogen-bond donors (Lipinski definition) is 3. The fourth-order valence-electron chi connectivity index (χ4n) is 10.7. The van der Waals surface area contributed by atoms with Crippen LogP contribution in [0, 0.1) is 17.8 Å². The van der Waals surface area contributed by atoms with Crippen LogP contribution in [0.4, 0.5) is 0 Å². The van der Waals surface area contributed by atoms with Crippen LogP contribution in [0.1, 0.15) is 357 Å². The lowest BCUT2D eigenvalue weighted by molar-refractivity contribution is -0.161. The largest absolute Gasteiger partial charge is 0.472 e. The average Bonchev–Trinajstić information content (AvgIpc) is 3.18. The summed E-state index contributed by atoms with van der Waals surface area (Å²) >= 11 is 0. The van der Waals surface area contributed by atoms with Crippen LogP contribution in [-0.4, -0.2) is 96.7 Å². The summed E-state index contributed by atoms with van der Waals surface area (Å²) < 4.78 is 68.0. The Bertz CT molecular complexity index is 1770. The Labute approximate surface area is 549 Å². The second-order valence-electron chi connectivity index (χ2n) is 26.8. The Morgan fingerprint density at radius 2 is 0.567 bits per heavy atom. The number of hydrogen-bond acceptors (Lipinski definition) is 15. The van der Waals surface area contributed by atoms with Crippen LogP contribution in [0.2, 0.25) is 0 Å². The van der Waals surface area contributed by atoms with E-state index < -0.39 is 97.5 Å². The van der Waals surface area contributed by atoms with Gasteiger partial charge in [0.25, 0.3) is 0 Å². The van der Waals surface area contributed by atoms with Crippen LogP contribution in [0.25, 0.3) is 0 Å². The summed E-state index contributed by atoms with van der Waals surface area (Å²) in [4.78, 5) is 72.2. The van der Waals surface area contributed by atoms with Gasteiger partial charge in [-0.1, -0.05) is 305 Å². The van der Waals surface area contributed by atoms with Crippen molar-refractivity contribution in [2.24, 2.45) is 17.8 Å². The molecule has 0 aromatic heterocycles. The molecule has 6 atom stereocenters. The molecule has 19 heteroatoms. The molecule has 534 valence electrons. The van der Waals surface area contributed by atoms with Crippen molar-refractivity contribution in [2.45, 2.75) is 375 Å². The highest BCUT2D eigenvalue weighted by molar-refractivity contribution is 7.47. The zero-order valence-corrected chi connectivity index (χ0v) is 60.4. The number of aliphatic hydroxyl groups excluding tert-OH is 1. The molecule has 0 rings (SSSR count). The second kappa shape index (κ2) is 61.9. The predicted octanol–water partition coefficient (Wildman–Crippen LogP) is 20.2. The number of phosphoric acid groups is 2. The number of esters is 4. The standard InChI is InChI=1S/C71H138O17P2/c1-8-10-11-35-45-52-68(73)81-58-66(87-71(76)55-48-41-34-28-30-37-43-50-63(5)6)60-85-89(77,78)83-56-65(72)57-84-90(79,80)86-61-67(59-82-69(74)53-46-39-32-26-23-22-25-31-38-44-51-64(7)9-2)88-70(75)54-47-40-33-27-21-19-17-15-13-12-14-16-18-20-24-29-36-42-49-62(3)4/h62-67,72H,8-61H2,1-7H3,(H,77,78)(H,79,80)/t64?,65-,66+,67+/m0/s1.